The summed E-state index contributed by atoms with van der Waals surface area (Å²) in [6.45, 7) is 0. The minimum absolute atomic E-state index is 0.208. The third kappa shape index (κ3) is 1.87. The molecule has 0 fully saturated rings. The number of rotatable bonds is 1. The summed E-state index contributed by atoms with van der Waals surface area (Å²) in [7, 11) is 1.32. The van der Waals surface area contributed by atoms with Crippen molar-refractivity contribution < 1.29 is 9.53 Å². The van der Waals surface area contributed by atoms with E-state index in [2.05, 4.69) is 20.9 Å². The highest BCUT2D eigenvalue weighted by Gasteiger charge is 2.15. The zero-order valence-corrected chi connectivity index (χ0v) is 12.2. The van der Waals surface area contributed by atoms with Crippen LogP contribution in [0.25, 0.3) is 21.0 Å². The number of ether oxygens (including phenoxy) is 1. The van der Waals surface area contributed by atoms with Gasteiger partial charge < -0.3 is 9.72 Å². The molecule has 3 aromatic rings. The molecule has 0 spiro atoms. The zero-order valence-electron chi connectivity index (χ0n) is 9.82. The first-order valence-corrected chi connectivity index (χ1v) is 7.05. The van der Waals surface area contributed by atoms with E-state index in [9.17, 15) is 9.59 Å². The number of carbonyl (C=O) groups is 1. The molecule has 4 nitrogen and oxygen atoms in total. The van der Waals surface area contributed by atoms with Gasteiger partial charge in [0.05, 0.1) is 32.1 Å². The van der Waals surface area contributed by atoms with E-state index in [-0.39, 0.29) is 5.56 Å². The lowest BCUT2D eigenvalue weighted by Crippen LogP contribution is -2.09. The largest absolute Gasteiger partial charge is 0.465 e. The number of hydrogen-bond donors (Lipinski definition) is 1. The van der Waals surface area contributed by atoms with Crippen molar-refractivity contribution in [1.29, 1.82) is 0 Å². The molecule has 2 heterocycles. The van der Waals surface area contributed by atoms with Crippen LogP contribution in [-0.4, -0.2) is 18.1 Å². The lowest BCUT2D eigenvalue weighted by atomic mass is 10.1. The van der Waals surface area contributed by atoms with Crippen LogP contribution in [-0.2, 0) is 4.74 Å². The molecular weight excluding hydrogens is 330 g/mol. The van der Waals surface area contributed by atoms with Crippen molar-refractivity contribution in [2.75, 3.05) is 7.11 Å². The van der Waals surface area contributed by atoms with E-state index < -0.39 is 5.97 Å². The van der Waals surface area contributed by atoms with Crippen molar-refractivity contribution in [2.24, 2.45) is 0 Å². The van der Waals surface area contributed by atoms with Gasteiger partial charge >= 0.3 is 5.97 Å². The van der Waals surface area contributed by atoms with Crippen molar-refractivity contribution in [1.82, 2.24) is 4.98 Å². The number of para-hydroxylation sites is 1. The Kier molecular flexibility index (Phi) is 2.91. The molecule has 0 amide bonds. The molecule has 0 saturated heterocycles. The van der Waals surface area contributed by atoms with Gasteiger partial charge in [0.2, 0.25) is 0 Å². The number of aromatic nitrogens is 1. The highest BCUT2D eigenvalue weighted by Crippen LogP contribution is 2.33. The van der Waals surface area contributed by atoms with Crippen LogP contribution in [0.4, 0.5) is 0 Å². The smallest absolute Gasteiger partial charge is 0.339 e. The second-order valence-corrected chi connectivity index (χ2v) is 6.40. The first kappa shape index (κ1) is 12.4. The Balaban J connectivity index is 2.52. The lowest BCUT2D eigenvalue weighted by molar-refractivity contribution is 0.0603. The molecule has 19 heavy (non-hydrogen) atoms. The summed E-state index contributed by atoms with van der Waals surface area (Å²) >= 11 is 4.85. The highest BCUT2D eigenvalue weighted by atomic mass is 79.9. The minimum Gasteiger partial charge on any atom is -0.465 e. The number of aromatic amines is 1. The fourth-order valence-corrected chi connectivity index (χ4v) is 3.69. The van der Waals surface area contributed by atoms with Gasteiger partial charge in [-0.05, 0) is 28.1 Å². The predicted octanol–water partition coefficient (Wildman–Crippen LogP) is 3.29. The molecule has 0 radical (unpaired) electrons. The van der Waals surface area contributed by atoms with Crippen molar-refractivity contribution in [3.63, 3.8) is 0 Å². The Labute approximate surface area is 120 Å². The van der Waals surface area contributed by atoms with E-state index >= 15 is 0 Å². The van der Waals surface area contributed by atoms with E-state index in [1.165, 1.54) is 18.4 Å². The molecule has 6 heteroatoms. The van der Waals surface area contributed by atoms with Crippen molar-refractivity contribution in [2.45, 2.75) is 0 Å². The number of H-pyrrole nitrogens is 1. The normalized spacial score (nSPS) is 11.1. The van der Waals surface area contributed by atoms with E-state index in [0.717, 1.165) is 13.9 Å². The second-order valence-electron chi connectivity index (χ2n) is 3.97. The number of nitrogens with one attached hydrogen (secondary N) is 1. The third-order valence-electron chi connectivity index (χ3n) is 2.90. The van der Waals surface area contributed by atoms with Gasteiger partial charge in [0, 0.05) is 5.39 Å². The van der Waals surface area contributed by atoms with Gasteiger partial charge in [0.1, 0.15) is 0 Å². The number of methoxy groups -OCH3 is 1. The maximum atomic E-state index is 12.0. The highest BCUT2D eigenvalue weighted by molar-refractivity contribution is 9.11. The number of hydrogen-bond acceptors (Lipinski definition) is 4. The Bertz CT molecular complexity index is 865. The monoisotopic (exact) mass is 337 g/mol. The van der Waals surface area contributed by atoms with Crippen LogP contribution >= 0.6 is 27.3 Å². The molecule has 0 aliphatic carbocycles. The number of halogens is 1. The van der Waals surface area contributed by atoms with E-state index in [1.54, 1.807) is 18.2 Å². The van der Waals surface area contributed by atoms with E-state index in [0.29, 0.717) is 16.5 Å². The maximum Gasteiger partial charge on any atom is 0.339 e. The lowest BCUT2D eigenvalue weighted by Gasteiger charge is -2.05. The number of pyridine rings is 1. The van der Waals surface area contributed by atoms with Crippen LogP contribution in [0.1, 0.15) is 10.4 Å². The van der Waals surface area contributed by atoms with Gasteiger partial charge in [0.15, 0.2) is 0 Å². The molecule has 1 N–H and O–H groups in total. The number of fused-ring (bicyclic) bond motifs is 3. The molecule has 96 valence electrons. The summed E-state index contributed by atoms with van der Waals surface area (Å²) in [6, 6.07) is 7.07. The molecular formula is C13H8BrNO3S. The molecule has 0 saturated carbocycles. The average Bonchev–Trinajstić information content (AvgIpc) is 2.80. The van der Waals surface area contributed by atoms with Gasteiger partial charge in [-0.1, -0.05) is 12.1 Å². The Hall–Kier alpha value is -1.66. The molecule has 0 unspecified atom stereocenters. The topological polar surface area (TPSA) is 59.2 Å². The summed E-state index contributed by atoms with van der Waals surface area (Å²) < 4.78 is 6.47. The Morgan fingerprint density at radius 2 is 2.16 bits per heavy atom. The van der Waals surface area contributed by atoms with E-state index in [1.807, 2.05) is 6.07 Å². The molecule has 0 bridgehead atoms. The molecule has 2 aromatic heterocycles. The number of esters is 1. The summed E-state index contributed by atoms with van der Waals surface area (Å²) in [4.78, 5) is 26.5. The molecule has 3 rings (SSSR count). The summed E-state index contributed by atoms with van der Waals surface area (Å²) in [5.74, 6) is -0.462. The summed E-state index contributed by atoms with van der Waals surface area (Å²) in [5.41, 5.74) is 0.672. The molecule has 0 aliphatic heterocycles. The number of benzene rings is 1. The average molecular weight is 338 g/mol. The standard InChI is InChI=1S/C13H8BrNO3S/c1-18-13(17)7-4-2-3-6-10(7)15-12(16)8-5-9(14)19-11(6)8/h2-5H,1H3,(H,15,16). The maximum absolute atomic E-state index is 12.0. The van der Waals surface area contributed by atoms with Crippen LogP contribution in [0.2, 0.25) is 0 Å². The minimum atomic E-state index is -0.462. The van der Waals surface area contributed by atoms with Crippen molar-refractivity contribution in [3.05, 3.63) is 44.0 Å². The first-order chi connectivity index (χ1) is 9.11. The van der Waals surface area contributed by atoms with Crippen molar-refractivity contribution >= 4 is 54.2 Å². The first-order valence-electron chi connectivity index (χ1n) is 5.44. The van der Waals surface area contributed by atoms with Gasteiger partial charge in [-0.2, -0.15) is 0 Å². The quantitative estimate of drug-likeness (QED) is 0.693. The SMILES string of the molecule is COC(=O)c1cccc2c1[nH]c(=O)c1cc(Br)sc12. The van der Waals surface area contributed by atoms with Gasteiger partial charge in [0.25, 0.3) is 5.56 Å². The van der Waals surface area contributed by atoms with E-state index in [4.69, 9.17) is 4.74 Å². The predicted molar refractivity (Wildman–Crippen MR) is 79.0 cm³/mol. The zero-order chi connectivity index (χ0) is 13.6. The van der Waals surface area contributed by atoms with Crippen molar-refractivity contribution in [3.8, 4) is 0 Å². The summed E-state index contributed by atoms with van der Waals surface area (Å²) in [6.07, 6.45) is 0. The van der Waals surface area contributed by atoms with Gasteiger partial charge in [-0.25, -0.2) is 4.79 Å². The van der Waals surface area contributed by atoms with Crippen LogP contribution in [0.15, 0.2) is 32.8 Å². The fraction of sp³-hybridized carbons (Fsp3) is 0.0769. The fourth-order valence-electron chi connectivity index (χ4n) is 2.07. The van der Waals surface area contributed by atoms with Crippen LogP contribution in [0.3, 0.4) is 0 Å². The summed E-state index contributed by atoms with van der Waals surface area (Å²) in [5, 5.41) is 1.46. The molecule has 0 atom stereocenters. The number of carbonyl (C=O) groups excluding carboxylic acids is 1. The van der Waals surface area contributed by atoms with Crippen LogP contribution in [0, 0.1) is 0 Å². The third-order valence-corrected chi connectivity index (χ3v) is 4.57. The second kappa shape index (κ2) is 4.47. The molecule has 0 aliphatic rings. The van der Waals surface area contributed by atoms with Crippen LogP contribution in [0.5, 0.6) is 0 Å². The number of thiophene rings is 1. The van der Waals surface area contributed by atoms with Crippen LogP contribution < -0.4 is 5.56 Å². The van der Waals surface area contributed by atoms with Gasteiger partial charge in [-0.3, -0.25) is 4.79 Å². The Morgan fingerprint density at radius 3 is 2.89 bits per heavy atom. The molecule has 1 aromatic carbocycles. The van der Waals surface area contributed by atoms with Gasteiger partial charge in [-0.15, -0.1) is 11.3 Å². The Morgan fingerprint density at radius 1 is 1.37 bits per heavy atom.